The van der Waals surface area contributed by atoms with Crippen molar-refractivity contribution in [3.8, 4) is 0 Å². The molecule has 144 valence electrons. The highest BCUT2D eigenvalue weighted by Gasteiger charge is 2.13. The van der Waals surface area contributed by atoms with Crippen molar-refractivity contribution < 1.29 is 14.7 Å². The maximum atomic E-state index is 11.4. The van der Waals surface area contributed by atoms with E-state index in [1.165, 1.54) is 30.4 Å². The third kappa shape index (κ3) is 8.21. The van der Waals surface area contributed by atoms with E-state index in [9.17, 15) is 9.59 Å². The van der Waals surface area contributed by atoms with Crippen LogP contribution in [0.4, 0.5) is 0 Å². The number of aliphatic carboxylic acids is 1. The van der Waals surface area contributed by atoms with Crippen molar-refractivity contribution >= 4 is 11.8 Å². The summed E-state index contributed by atoms with van der Waals surface area (Å²) in [5, 5.41) is 8.57. The Bertz CT molecular complexity index is 640. The molecule has 0 fully saturated rings. The lowest BCUT2D eigenvalue weighted by molar-refractivity contribution is -0.140. The second-order valence-corrected chi connectivity index (χ2v) is 7.14. The quantitative estimate of drug-likeness (QED) is 0.350. The molecule has 0 saturated carbocycles. The number of carboxylic acid groups (broad SMARTS) is 1. The van der Waals surface area contributed by atoms with Gasteiger partial charge in [0.15, 0.2) is 0 Å². The van der Waals surface area contributed by atoms with Gasteiger partial charge in [0.1, 0.15) is 12.2 Å². The third-order valence-electron chi connectivity index (χ3n) is 4.95. The number of carbonyl (C=O) groups is 2. The zero-order chi connectivity index (χ0) is 19.3. The van der Waals surface area contributed by atoms with Gasteiger partial charge in [0, 0.05) is 12.3 Å². The largest absolute Gasteiger partial charge is 0.481 e. The summed E-state index contributed by atoms with van der Waals surface area (Å²) in [5.74, 6) is -0.733. The molecule has 0 aromatic heterocycles. The van der Waals surface area contributed by atoms with E-state index in [0.717, 1.165) is 25.7 Å². The van der Waals surface area contributed by atoms with Crippen LogP contribution in [0.1, 0.15) is 74.8 Å². The van der Waals surface area contributed by atoms with Crippen LogP contribution in [0, 0.1) is 0 Å². The van der Waals surface area contributed by atoms with Crippen LogP contribution in [0.15, 0.2) is 60.7 Å². The molecule has 0 aliphatic carbocycles. The highest BCUT2D eigenvalue weighted by atomic mass is 16.4. The lowest BCUT2D eigenvalue weighted by Crippen LogP contribution is -2.05. The Labute approximate surface area is 162 Å². The number of hydrogen-bond donors (Lipinski definition) is 1. The Hall–Kier alpha value is -2.42. The number of hydrogen-bond acceptors (Lipinski definition) is 2. The topological polar surface area (TPSA) is 54.4 Å². The highest BCUT2D eigenvalue weighted by Crippen LogP contribution is 2.30. The molecule has 0 aliphatic rings. The van der Waals surface area contributed by atoms with Crippen molar-refractivity contribution in [2.24, 2.45) is 0 Å². The van der Waals surface area contributed by atoms with Gasteiger partial charge in [-0.2, -0.15) is 0 Å². The Morgan fingerprint density at radius 1 is 0.704 bits per heavy atom. The Kier molecular flexibility index (Phi) is 9.33. The number of carbonyl (C=O) groups excluding carboxylic acids is 1. The minimum Gasteiger partial charge on any atom is -0.481 e. The summed E-state index contributed by atoms with van der Waals surface area (Å²) in [5.41, 5.74) is 2.75. The molecule has 0 radical (unpaired) electrons. The maximum Gasteiger partial charge on any atom is 0.310 e. The van der Waals surface area contributed by atoms with Crippen molar-refractivity contribution in [1.29, 1.82) is 0 Å². The zero-order valence-electron chi connectivity index (χ0n) is 16.0. The van der Waals surface area contributed by atoms with E-state index in [4.69, 9.17) is 5.11 Å². The van der Waals surface area contributed by atoms with Gasteiger partial charge in [-0.25, -0.2) is 0 Å². The van der Waals surface area contributed by atoms with E-state index in [2.05, 4.69) is 60.7 Å². The van der Waals surface area contributed by atoms with Crippen molar-refractivity contribution in [2.45, 2.75) is 63.7 Å². The van der Waals surface area contributed by atoms with Crippen molar-refractivity contribution in [3.63, 3.8) is 0 Å². The summed E-state index contributed by atoms with van der Waals surface area (Å²) in [6, 6.07) is 21.4. The summed E-state index contributed by atoms with van der Waals surface area (Å²) in [6.45, 7) is 0. The lowest BCUT2D eigenvalue weighted by atomic mass is 9.87. The predicted molar refractivity (Wildman–Crippen MR) is 109 cm³/mol. The van der Waals surface area contributed by atoms with Gasteiger partial charge in [-0.15, -0.1) is 0 Å². The van der Waals surface area contributed by atoms with Gasteiger partial charge in [0.05, 0.1) is 0 Å². The zero-order valence-corrected chi connectivity index (χ0v) is 16.0. The molecule has 0 atom stereocenters. The second-order valence-electron chi connectivity index (χ2n) is 7.14. The molecule has 0 bridgehead atoms. The van der Waals surface area contributed by atoms with E-state index in [1.807, 2.05) is 0 Å². The van der Waals surface area contributed by atoms with E-state index in [1.54, 1.807) is 0 Å². The van der Waals surface area contributed by atoms with E-state index in [0.29, 0.717) is 12.3 Å². The van der Waals surface area contributed by atoms with Crippen LogP contribution in [0.3, 0.4) is 0 Å². The molecule has 0 unspecified atom stereocenters. The van der Waals surface area contributed by atoms with E-state index >= 15 is 0 Å². The Morgan fingerprint density at radius 3 is 1.70 bits per heavy atom. The molecule has 27 heavy (non-hydrogen) atoms. The molecule has 1 N–H and O–H groups in total. The molecule has 2 rings (SSSR count). The Morgan fingerprint density at radius 2 is 1.19 bits per heavy atom. The summed E-state index contributed by atoms with van der Waals surface area (Å²) in [7, 11) is 0. The number of carboxylic acids is 1. The van der Waals surface area contributed by atoms with Crippen molar-refractivity contribution in [2.75, 3.05) is 0 Å². The summed E-state index contributed by atoms with van der Waals surface area (Å²) < 4.78 is 0. The summed E-state index contributed by atoms with van der Waals surface area (Å²) in [6.07, 6.45) is 7.69. The fourth-order valence-electron chi connectivity index (χ4n) is 3.53. The number of Topliss-reactive ketones (excluding diaryl/α,β-unsaturated/α-hetero) is 1. The lowest BCUT2D eigenvalue weighted by Gasteiger charge is -2.18. The molecular formula is C24H30O3. The number of rotatable bonds is 13. The van der Waals surface area contributed by atoms with Crippen LogP contribution in [-0.4, -0.2) is 16.9 Å². The molecule has 2 aromatic carbocycles. The number of benzene rings is 2. The third-order valence-corrected chi connectivity index (χ3v) is 4.95. The monoisotopic (exact) mass is 366 g/mol. The van der Waals surface area contributed by atoms with Crippen LogP contribution in [-0.2, 0) is 9.59 Å². The first kappa shape index (κ1) is 20.9. The normalized spacial score (nSPS) is 10.9. The molecule has 0 amide bonds. The van der Waals surface area contributed by atoms with Crippen LogP contribution in [0.25, 0.3) is 0 Å². The van der Waals surface area contributed by atoms with Crippen LogP contribution >= 0.6 is 0 Å². The predicted octanol–water partition coefficient (Wildman–Crippen LogP) is 5.98. The number of unbranched alkanes of at least 4 members (excludes halogenated alkanes) is 5. The minimum absolute atomic E-state index is 0.156. The molecule has 3 nitrogen and oxygen atoms in total. The van der Waals surface area contributed by atoms with Crippen molar-refractivity contribution in [1.82, 2.24) is 0 Å². The minimum atomic E-state index is -1.02. The van der Waals surface area contributed by atoms with Crippen molar-refractivity contribution in [3.05, 3.63) is 71.8 Å². The van der Waals surface area contributed by atoms with E-state index in [-0.39, 0.29) is 12.2 Å². The molecule has 0 heterocycles. The van der Waals surface area contributed by atoms with Gasteiger partial charge in [0.2, 0.25) is 0 Å². The molecule has 0 spiro atoms. The number of ketones is 1. The van der Waals surface area contributed by atoms with Gasteiger partial charge in [-0.3, -0.25) is 9.59 Å². The first-order chi connectivity index (χ1) is 13.2. The summed E-state index contributed by atoms with van der Waals surface area (Å²) in [4.78, 5) is 21.8. The second kappa shape index (κ2) is 12.1. The maximum absolute atomic E-state index is 11.4. The van der Waals surface area contributed by atoms with E-state index < -0.39 is 5.97 Å². The van der Waals surface area contributed by atoms with Gasteiger partial charge in [-0.1, -0.05) is 92.8 Å². The molecular weight excluding hydrogens is 336 g/mol. The van der Waals surface area contributed by atoms with Crippen LogP contribution in [0.2, 0.25) is 0 Å². The van der Waals surface area contributed by atoms with Gasteiger partial charge < -0.3 is 5.11 Å². The molecule has 0 saturated heterocycles. The Balaban J connectivity index is 1.68. The smallest absolute Gasteiger partial charge is 0.310 e. The molecule has 2 aromatic rings. The van der Waals surface area contributed by atoms with Gasteiger partial charge in [-0.05, 0) is 24.0 Å². The first-order valence-electron chi connectivity index (χ1n) is 10.00. The highest BCUT2D eigenvalue weighted by molar-refractivity contribution is 5.94. The van der Waals surface area contributed by atoms with Gasteiger partial charge >= 0.3 is 5.97 Å². The standard InChI is InChI=1S/C24H30O3/c25-22(19-24(26)27)17-11-3-1-2-4-12-18-23(20-13-7-5-8-14-20)21-15-9-6-10-16-21/h5-10,13-16,23H,1-4,11-12,17-19H2,(H,26,27). The first-order valence-corrected chi connectivity index (χ1v) is 10.00. The van der Waals surface area contributed by atoms with Crippen LogP contribution in [0.5, 0.6) is 0 Å². The average molecular weight is 367 g/mol. The van der Waals surface area contributed by atoms with Gasteiger partial charge in [0.25, 0.3) is 0 Å². The van der Waals surface area contributed by atoms with Crippen LogP contribution < -0.4 is 0 Å². The fourth-order valence-corrected chi connectivity index (χ4v) is 3.53. The fraction of sp³-hybridized carbons (Fsp3) is 0.417. The average Bonchev–Trinajstić information content (AvgIpc) is 2.67. The molecule has 3 heteroatoms. The summed E-state index contributed by atoms with van der Waals surface area (Å²) >= 11 is 0. The SMILES string of the molecule is O=C(O)CC(=O)CCCCCCCCC(c1ccccc1)c1ccccc1. The molecule has 0 aliphatic heterocycles.